The minimum absolute atomic E-state index is 0.243. The summed E-state index contributed by atoms with van der Waals surface area (Å²) in [5.74, 6) is -0.243. The first-order valence-electron chi connectivity index (χ1n) is 5.22. The van der Waals surface area contributed by atoms with E-state index < -0.39 is 0 Å². The van der Waals surface area contributed by atoms with E-state index in [4.69, 9.17) is 5.73 Å². The van der Waals surface area contributed by atoms with E-state index >= 15 is 0 Å². The molecule has 0 fully saturated rings. The second-order valence-electron chi connectivity index (χ2n) is 3.69. The van der Waals surface area contributed by atoms with Gasteiger partial charge >= 0.3 is 0 Å². The highest BCUT2D eigenvalue weighted by atomic mass is 19.1. The van der Waals surface area contributed by atoms with Crippen LogP contribution in [0.3, 0.4) is 0 Å². The monoisotopic (exact) mass is 219 g/mol. The molecule has 2 rings (SSSR count). The summed E-state index contributed by atoms with van der Waals surface area (Å²) < 4.78 is 13.4. The third-order valence-corrected chi connectivity index (χ3v) is 2.61. The van der Waals surface area contributed by atoms with Gasteiger partial charge in [0, 0.05) is 17.5 Å². The predicted molar refractivity (Wildman–Crippen MR) is 65.0 cm³/mol. The molecule has 3 nitrogen and oxygen atoms in total. The Morgan fingerprint density at radius 3 is 2.88 bits per heavy atom. The molecule has 4 heteroatoms. The zero-order valence-electron chi connectivity index (χ0n) is 9.34. The van der Waals surface area contributed by atoms with Gasteiger partial charge in [0.05, 0.1) is 23.1 Å². The molecule has 0 saturated heterocycles. The lowest BCUT2D eigenvalue weighted by molar-refractivity contribution is 0.620. The largest absolute Gasteiger partial charge is 0.396 e. The van der Waals surface area contributed by atoms with Crippen molar-refractivity contribution < 1.29 is 4.39 Å². The Kier molecular flexibility index (Phi) is 2.64. The summed E-state index contributed by atoms with van der Waals surface area (Å²) in [6, 6.07) is 3.15. The number of pyridine rings is 1. The van der Waals surface area contributed by atoms with Crippen molar-refractivity contribution in [3.05, 3.63) is 29.7 Å². The normalized spacial score (nSPS) is 10.7. The molecule has 0 aliphatic heterocycles. The number of nitrogens with two attached hydrogens (primary N) is 1. The second-order valence-corrected chi connectivity index (χ2v) is 3.69. The van der Waals surface area contributed by atoms with Crippen molar-refractivity contribution in [2.24, 2.45) is 0 Å². The van der Waals surface area contributed by atoms with Crippen LogP contribution in [-0.4, -0.2) is 11.5 Å². The van der Waals surface area contributed by atoms with Gasteiger partial charge in [0.15, 0.2) is 0 Å². The van der Waals surface area contributed by atoms with E-state index in [1.54, 1.807) is 19.2 Å². The van der Waals surface area contributed by atoms with E-state index in [0.717, 1.165) is 17.6 Å². The Morgan fingerprint density at radius 2 is 2.19 bits per heavy atom. The molecule has 2 aromatic rings. The molecule has 0 radical (unpaired) electrons. The van der Waals surface area contributed by atoms with E-state index in [2.05, 4.69) is 10.3 Å². The molecule has 84 valence electrons. The van der Waals surface area contributed by atoms with Crippen LogP contribution in [0.15, 0.2) is 18.3 Å². The molecule has 0 unspecified atom stereocenters. The zero-order chi connectivity index (χ0) is 11.7. The lowest BCUT2D eigenvalue weighted by Crippen LogP contribution is -2.03. The molecule has 1 aromatic carbocycles. The van der Waals surface area contributed by atoms with Gasteiger partial charge in [-0.2, -0.15) is 0 Å². The fourth-order valence-corrected chi connectivity index (χ4v) is 1.77. The number of anilines is 2. The maximum atomic E-state index is 13.4. The molecule has 16 heavy (non-hydrogen) atoms. The number of nitrogen functional groups attached to an aromatic ring is 1. The molecular formula is C12H14FN3. The first-order valence-corrected chi connectivity index (χ1v) is 5.22. The maximum Gasteiger partial charge on any atom is 0.128 e. The van der Waals surface area contributed by atoms with Crippen LogP contribution in [0.5, 0.6) is 0 Å². The Hall–Kier alpha value is -1.84. The van der Waals surface area contributed by atoms with E-state index in [1.807, 2.05) is 6.92 Å². The lowest BCUT2D eigenvalue weighted by Gasteiger charge is -2.12. The van der Waals surface area contributed by atoms with Gasteiger partial charge < -0.3 is 11.1 Å². The van der Waals surface area contributed by atoms with E-state index in [9.17, 15) is 4.39 Å². The first-order chi connectivity index (χ1) is 7.65. The summed E-state index contributed by atoms with van der Waals surface area (Å²) in [5, 5.41) is 4.04. The average molecular weight is 219 g/mol. The molecule has 0 bridgehead atoms. The summed E-state index contributed by atoms with van der Waals surface area (Å²) in [6.07, 6.45) is 1.56. The predicted octanol–water partition coefficient (Wildman–Crippen LogP) is 2.70. The van der Waals surface area contributed by atoms with Gasteiger partial charge in [-0.05, 0) is 26.0 Å². The SMILES string of the molecule is CCNc1c(N)cnc2c(C)c(F)ccc12. The minimum Gasteiger partial charge on any atom is -0.396 e. The van der Waals surface area contributed by atoms with Gasteiger partial charge in [-0.15, -0.1) is 0 Å². The van der Waals surface area contributed by atoms with Crippen molar-refractivity contribution in [3.8, 4) is 0 Å². The maximum absolute atomic E-state index is 13.4. The highest BCUT2D eigenvalue weighted by molar-refractivity contribution is 5.98. The third-order valence-electron chi connectivity index (χ3n) is 2.61. The fraction of sp³-hybridized carbons (Fsp3) is 0.250. The molecule has 0 saturated carbocycles. The molecular weight excluding hydrogens is 205 g/mol. The van der Waals surface area contributed by atoms with Gasteiger partial charge in [0.2, 0.25) is 0 Å². The highest BCUT2D eigenvalue weighted by Gasteiger charge is 2.10. The molecule has 1 heterocycles. The van der Waals surface area contributed by atoms with Crippen LogP contribution < -0.4 is 11.1 Å². The smallest absolute Gasteiger partial charge is 0.128 e. The van der Waals surface area contributed by atoms with Gasteiger partial charge in [-0.1, -0.05) is 0 Å². The van der Waals surface area contributed by atoms with Crippen LogP contribution in [-0.2, 0) is 0 Å². The minimum atomic E-state index is -0.243. The molecule has 0 spiro atoms. The molecule has 0 aliphatic rings. The van der Waals surface area contributed by atoms with Crippen molar-refractivity contribution in [3.63, 3.8) is 0 Å². The average Bonchev–Trinajstić information content (AvgIpc) is 2.27. The number of halogens is 1. The number of aromatic nitrogens is 1. The Balaban J connectivity index is 2.78. The van der Waals surface area contributed by atoms with Crippen LogP contribution in [0.25, 0.3) is 10.9 Å². The van der Waals surface area contributed by atoms with E-state index in [0.29, 0.717) is 16.8 Å². The lowest BCUT2D eigenvalue weighted by atomic mass is 10.1. The number of nitrogens with one attached hydrogen (secondary N) is 1. The number of nitrogens with zero attached hydrogens (tertiary/aromatic N) is 1. The topological polar surface area (TPSA) is 50.9 Å². The van der Waals surface area contributed by atoms with E-state index in [1.165, 1.54) is 6.07 Å². The van der Waals surface area contributed by atoms with Crippen molar-refractivity contribution in [1.29, 1.82) is 0 Å². The molecule has 0 atom stereocenters. The standard InChI is InChI=1S/C12H14FN3/c1-3-15-12-8-4-5-9(13)7(2)11(8)16-6-10(12)14/h4-6H,3,14H2,1-2H3,(H,15,16). The molecule has 0 amide bonds. The van der Waals surface area contributed by atoms with Gasteiger partial charge in [-0.25, -0.2) is 4.39 Å². The number of hydrogen-bond acceptors (Lipinski definition) is 3. The second kappa shape index (κ2) is 3.96. The quantitative estimate of drug-likeness (QED) is 0.816. The number of aryl methyl sites for hydroxylation is 1. The number of rotatable bonds is 2. The van der Waals surface area contributed by atoms with Crippen LogP contribution in [0, 0.1) is 12.7 Å². The van der Waals surface area contributed by atoms with Crippen LogP contribution in [0.4, 0.5) is 15.8 Å². The van der Waals surface area contributed by atoms with Crippen molar-refractivity contribution in [2.45, 2.75) is 13.8 Å². The third kappa shape index (κ3) is 1.56. The van der Waals surface area contributed by atoms with Crippen molar-refractivity contribution in [2.75, 3.05) is 17.6 Å². The summed E-state index contributed by atoms with van der Waals surface area (Å²) in [6.45, 7) is 4.47. The molecule has 0 aliphatic carbocycles. The van der Waals surface area contributed by atoms with Gasteiger partial charge in [-0.3, -0.25) is 4.98 Å². The Morgan fingerprint density at radius 1 is 1.44 bits per heavy atom. The number of fused-ring (bicyclic) bond motifs is 1. The first kappa shape index (κ1) is 10.7. The fourth-order valence-electron chi connectivity index (χ4n) is 1.77. The van der Waals surface area contributed by atoms with Crippen molar-refractivity contribution in [1.82, 2.24) is 4.98 Å². The Bertz CT molecular complexity index is 537. The van der Waals surface area contributed by atoms with Gasteiger partial charge in [0.25, 0.3) is 0 Å². The zero-order valence-corrected chi connectivity index (χ0v) is 9.34. The van der Waals surface area contributed by atoms with Crippen LogP contribution in [0.1, 0.15) is 12.5 Å². The van der Waals surface area contributed by atoms with Crippen molar-refractivity contribution >= 4 is 22.3 Å². The summed E-state index contributed by atoms with van der Waals surface area (Å²) in [4.78, 5) is 4.18. The van der Waals surface area contributed by atoms with Crippen LogP contribution >= 0.6 is 0 Å². The summed E-state index contributed by atoms with van der Waals surface area (Å²) >= 11 is 0. The van der Waals surface area contributed by atoms with E-state index in [-0.39, 0.29) is 5.82 Å². The van der Waals surface area contributed by atoms with Gasteiger partial charge in [0.1, 0.15) is 5.82 Å². The summed E-state index contributed by atoms with van der Waals surface area (Å²) in [7, 11) is 0. The highest BCUT2D eigenvalue weighted by Crippen LogP contribution is 2.30. The molecule has 3 N–H and O–H groups in total. The van der Waals surface area contributed by atoms with Crippen LogP contribution in [0.2, 0.25) is 0 Å². The molecule has 1 aromatic heterocycles. The Labute approximate surface area is 93.5 Å². The summed E-state index contributed by atoms with van der Waals surface area (Å²) in [5.41, 5.74) is 8.47. The number of benzene rings is 1. The number of hydrogen-bond donors (Lipinski definition) is 2.